The molecule has 0 spiro atoms. The Labute approximate surface area is 190 Å². The molecule has 11 nitrogen and oxygen atoms in total. The van der Waals surface area contributed by atoms with Crippen molar-refractivity contribution in [2.75, 3.05) is 38.2 Å². The predicted octanol–water partition coefficient (Wildman–Crippen LogP) is 0.992. The fourth-order valence-electron chi connectivity index (χ4n) is 3.48. The van der Waals surface area contributed by atoms with Crippen LogP contribution in [0.3, 0.4) is 0 Å². The van der Waals surface area contributed by atoms with Crippen molar-refractivity contribution in [1.82, 2.24) is 24.5 Å². The van der Waals surface area contributed by atoms with Crippen molar-refractivity contribution < 1.29 is 22.7 Å². The van der Waals surface area contributed by atoms with Gasteiger partial charge in [-0.3, -0.25) is 4.79 Å². The fourth-order valence-corrected chi connectivity index (χ4v) is 5.68. The van der Waals surface area contributed by atoms with E-state index in [2.05, 4.69) is 20.8 Å². The fraction of sp³-hybridized carbons (Fsp3) is 0.579. The van der Waals surface area contributed by atoms with Gasteiger partial charge in [0.15, 0.2) is 0 Å². The van der Waals surface area contributed by atoms with Crippen LogP contribution >= 0.6 is 11.8 Å². The van der Waals surface area contributed by atoms with Gasteiger partial charge in [0.2, 0.25) is 21.1 Å². The first-order valence-electron chi connectivity index (χ1n) is 10.5. The molecule has 1 aromatic heterocycles. The minimum absolute atomic E-state index is 0.0919. The zero-order chi connectivity index (χ0) is 22.6. The first-order valence-corrected chi connectivity index (χ1v) is 12.8. The van der Waals surface area contributed by atoms with Crippen LogP contribution < -0.4 is 5.32 Å². The Balaban J connectivity index is 1.34. The van der Waals surface area contributed by atoms with Gasteiger partial charge in [-0.25, -0.2) is 13.1 Å². The molecule has 2 aliphatic heterocycles. The molecule has 2 aliphatic rings. The maximum atomic E-state index is 12.7. The summed E-state index contributed by atoms with van der Waals surface area (Å²) in [6.45, 7) is 4.52. The number of thioether (sulfide) groups is 1. The van der Waals surface area contributed by atoms with E-state index in [-0.39, 0.29) is 16.9 Å². The molecule has 0 unspecified atom stereocenters. The molecule has 4 rings (SSSR count). The second-order valence-electron chi connectivity index (χ2n) is 7.57. The molecule has 0 bridgehead atoms. The van der Waals surface area contributed by atoms with E-state index in [0.29, 0.717) is 43.7 Å². The quantitative estimate of drug-likeness (QED) is 0.548. The van der Waals surface area contributed by atoms with Crippen molar-refractivity contribution in [3.8, 4) is 0 Å². The number of hydrogen-bond acceptors (Lipinski definition) is 9. The summed E-state index contributed by atoms with van der Waals surface area (Å²) in [4.78, 5) is 12.8. The minimum Gasteiger partial charge on any atom is -0.379 e. The third kappa shape index (κ3) is 5.46. The highest BCUT2D eigenvalue weighted by molar-refractivity contribution is 8.00. The summed E-state index contributed by atoms with van der Waals surface area (Å²) in [5.74, 6) is -0.231. The van der Waals surface area contributed by atoms with Crippen LogP contribution in [0.5, 0.6) is 0 Å². The molecule has 32 heavy (non-hydrogen) atoms. The number of carbonyl (C=O) groups is 1. The van der Waals surface area contributed by atoms with Gasteiger partial charge in [0, 0.05) is 25.4 Å². The molecular weight excluding hydrogens is 456 g/mol. The van der Waals surface area contributed by atoms with E-state index in [1.807, 2.05) is 0 Å². The zero-order valence-electron chi connectivity index (χ0n) is 17.7. The molecule has 0 saturated carbocycles. The summed E-state index contributed by atoms with van der Waals surface area (Å²) < 4.78 is 39.3. The number of benzene rings is 1. The third-order valence-corrected chi connectivity index (χ3v) is 8.26. The molecule has 3 heterocycles. The monoisotopic (exact) mass is 482 g/mol. The Morgan fingerprint density at radius 2 is 2.00 bits per heavy atom. The van der Waals surface area contributed by atoms with Crippen LogP contribution in [0.15, 0.2) is 34.3 Å². The number of nitrogens with zero attached hydrogens (tertiary/aromatic N) is 5. The Morgan fingerprint density at radius 1 is 1.25 bits per heavy atom. The minimum atomic E-state index is -3.57. The molecular formula is C19H26N6O5S2. The smallest absolute Gasteiger partial charge is 0.243 e. The maximum Gasteiger partial charge on any atom is 0.243 e. The van der Waals surface area contributed by atoms with Crippen molar-refractivity contribution in [2.45, 2.75) is 47.7 Å². The predicted molar refractivity (Wildman–Crippen MR) is 117 cm³/mol. The highest BCUT2D eigenvalue weighted by Crippen LogP contribution is 2.24. The second kappa shape index (κ2) is 10.3. The van der Waals surface area contributed by atoms with Gasteiger partial charge in [-0.05, 0) is 54.5 Å². The third-order valence-electron chi connectivity index (χ3n) is 5.28. The number of hydrogen-bond donors (Lipinski definition) is 1. The van der Waals surface area contributed by atoms with E-state index in [9.17, 15) is 13.2 Å². The molecule has 0 radical (unpaired) electrons. The number of ether oxygens (including phenoxy) is 2. The van der Waals surface area contributed by atoms with E-state index in [1.165, 1.54) is 28.2 Å². The number of tetrazole rings is 1. The number of rotatable bonds is 8. The molecule has 1 amide bonds. The zero-order valence-corrected chi connectivity index (χ0v) is 19.3. The van der Waals surface area contributed by atoms with Gasteiger partial charge in [0.05, 0.1) is 36.0 Å². The summed E-state index contributed by atoms with van der Waals surface area (Å²) in [5, 5.41) is 14.6. The molecule has 13 heteroatoms. The number of morpholine rings is 1. The van der Waals surface area contributed by atoms with Gasteiger partial charge >= 0.3 is 0 Å². The van der Waals surface area contributed by atoms with E-state index in [1.54, 1.807) is 23.7 Å². The average Bonchev–Trinajstić information content (AvgIpc) is 3.47. The number of anilines is 1. The van der Waals surface area contributed by atoms with Crippen molar-refractivity contribution in [3.63, 3.8) is 0 Å². The van der Waals surface area contributed by atoms with Gasteiger partial charge in [0.25, 0.3) is 0 Å². The lowest BCUT2D eigenvalue weighted by molar-refractivity contribution is -0.115. The van der Waals surface area contributed by atoms with Crippen LogP contribution in [0.25, 0.3) is 0 Å². The first-order chi connectivity index (χ1) is 15.4. The van der Waals surface area contributed by atoms with Gasteiger partial charge in [-0.15, -0.1) is 5.10 Å². The molecule has 2 saturated heterocycles. The summed E-state index contributed by atoms with van der Waals surface area (Å²) in [7, 11) is -3.57. The lowest BCUT2D eigenvalue weighted by Gasteiger charge is -2.26. The Bertz CT molecular complexity index is 1020. The van der Waals surface area contributed by atoms with Gasteiger partial charge in [-0.1, -0.05) is 11.8 Å². The molecule has 174 valence electrons. The highest BCUT2D eigenvalue weighted by atomic mass is 32.2. The van der Waals surface area contributed by atoms with Crippen LogP contribution in [0.4, 0.5) is 5.69 Å². The van der Waals surface area contributed by atoms with Crippen LogP contribution in [-0.4, -0.2) is 83.1 Å². The Kier molecular flexibility index (Phi) is 7.40. The van der Waals surface area contributed by atoms with Gasteiger partial charge < -0.3 is 14.8 Å². The molecule has 2 fully saturated rings. The van der Waals surface area contributed by atoms with Crippen molar-refractivity contribution >= 4 is 33.4 Å². The first kappa shape index (κ1) is 23.1. The number of carbonyl (C=O) groups excluding carboxylic acids is 1. The summed E-state index contributed by atoms with van der Waals surface area (Å²) in [6.07, 6.45) is 2.09. The lowest BCUT2D eigenvalue weighted by atomic mass is 10.2. The van der Waals surface area contributed by atoms with E-state index >= 15 is 0 Å². The van der Waals surface area contributed by atoms with E-state index < -0.39 is 15.3 Å². The van der Waals surface area contributed by atoms with Gasteiger partial charge in [0.1, 0.15) is 0 Å². The standard InChI is InChI=1S/C19H26N6O5S2/c1-14(31-19-21-22-23-25(19)13-16-3-2-10-30-16)18(26)20-15-4-6-17(7-5-15)32(27,28)24-8-11-29-12-9-24/h4-7,14,16H,2-3,8-13H2,1H3,(H,20,26)/t14-,16-/m0/s1. The normalized spacial score (nSPS) is 20.8. The largest absolute Gasteiger partial charge is 0.379 e. The maximum absolute atomic E-state index is 12.7. The van der Waals surface area contributed by atoms with Crippen molar-refractivity contribution in [2.24, 2.45) is 0 Å². The number of aromatic nitrogens is 4. The number of sulfonamides is 1. The Morgan fingerprint density at radius 3 is 2.69 bits per heavy atom. The van der Waals surface area contributed by atoms with E-state index in [0.717, 1.165) is 19.4 Å². The van der Waals surface area contributed by atoms with Crippen LogP contribution in [-0.2, 0) is 30.8 Å². The van der Waals surface area contributed by atoms with Crippen molar-refractivity contribution in [1.29, 1.82) is 0 Å². The number of nitrogens with one attached hydrogen (secondary N) is 1. The summed E-state index contributed by atoms with van der Waals surface area (Å²) in [6, 6.07) is 6.18. The van der Waals surface area contributed by atoms with Gasteiger partial charge in [-0.2, -0.15) is 4.31 Å². The summed E-state index contributed by atoms with van der Waals surface area (Å²) >= 11 is 1.26. The molecule has 1 aromatic carbocycles. The van der Waals surface area contributed by atoms with Crippen LogP contribution in [0, 0.1) is 0 Å². The van der Waals surface area contributed by atoms with Crippen LogP contribution in [0.2, 0.25) is 0 Å². The lowest BCUT2D eigenvalue weighted by Crippen LogP contribution is -2.40. The second-order valence-corrected chi connectivity index (χ2v) is 10.8. The molecule has 0 aliphatic carbocycles. The van der Waals surface area contributed by atoms with Crippen LogP contribution in [0.1, 0.15) is 19.8 Å². The molecule has 2 aromatic rings. The number of amides is 1. The van der Waals surface area contributed by atoms with Crippen molar-refractivity contribution in [3.05, 3.63) is 24.3 Å². The average molecular weight is 483 g/mol. The van der Waals surface area contributed by atoms with E-state index in [4.69, 9.17) is 9.47 Å². The molecule has 1 N–H and O–H groups in total. The Hall–Kier alpha value is -2.06. The SMILES string of the molecule is C[C@H](Sc1nnnn1C[C@@H]1CCCO1)C(=O)Nc1ccc(S(=O)(=O)N2CCOCC2)cc1. The topological polar surface area (TPSA) is 129 Å². The summed E-state index contributed by atoms with van der Waals surface area (Å²) in [5.41, 5.74) is 0.516. The highest BCUT2D eigenvalue weighted by Gasteiger charge is 2.26. The molecule has 2 atom stereocenters.